The molecule has 4 N–H and O–H groups in total. The molecule has 0 bridgehead atoms. The summed E-state index contributed by atoms with van der Waals surface area (Å²) in [6.07, 6.45) is 1.69. The van der Waals surface area contributed by atoms with Gasteiger partial charge in [-0.2, -0.15) is 0 Å². The van der Waals surface area contributed by atoms with Crippen LogP contribution in [-0.4, -0.2) is 23.7 Å². The summed E-state index contributed by atoms with van der Waals surface area (Å²) in [5.74, 6) is 0.229. The Kier molecular flexibility index (Phi) is 6.36. The molecule has 0 aromatic heterocycles. The van der Waals surface area contributed by atoms with E-state index in [1.807, 2.05) is 31.2 Å². The summed E-state index contributed by atoms with van der Waals surface area (Å²) < 4.78 is 0. The lowest BCUT2D eigenvalue weighted by Gasteiger charge is -2.12. The molecule has 0 aliphatic heterocycles. The number of aliphatic hydroxyl groups is 1. The zero-order chi connectivity index (χ0) is 14.3. The molecule has 0 aliphatic carbocycles. The van der Waals surface area contributed by atoms with Crippen LogP contribution in [-0.2, 0) is 4.79 Å². The van der Waals surface area contributed by atoms with Crippen LogP contribution in [0.25, 0.3) is 0 Å². The van der Waals surface area contributed by atoms with E-state index in [4.69, 9.17) is 10.8 Å². The number of nitrogen functional groups attached to an aromatic ring is 1. The molecule has 0 spiro atoms. The minimum Gasteiger partial charge on any atom is -0.399 e. The van der Waals surface area contributed by atoms with E-state index in [2.05, 4.69) is 5.32 Å². The minimum atomic E-state index is -0.300. The number of benzene rings is 1. The normalized spacial score (nSPS) is 13.8. The van der Waals surface area contributed by atoms with Crippen LogP contribution in [0.2, 0.25) is 0 Å². The number of rotatable bonds is 7. The van der Waals surface area contributed by atoms with Gasteiger partial charge in [-0.15, -0.1) is 0 Å². The van der Waals surface area contributed by atoms with Crippen molar-refractivity contribution < 1.29 is 9.90 Å². The molecule has 0 heterocycles. The van der Waals surface area contributed by atoms with E-state index in [9.17, 15) is 4.79 Å². The highest BCUT2D eigenvalue weighted by molar-refractivity contribution is 5.76. The monoisotopic (exact) mass is 264 g/mol. The maximum atomic E-state index is 11.7. The van der Waals surface area contributed by atoms with E-state index in [-0.39, 0.29) is 17.9 Å². The van der Waals surface area contributed by atoms with Crippen molar-refractivity contribution in [3.8, 4) is 0 Å². The molecular weight excluding hydrogens is 240 g/mol. The van der Waals surface area contributed by atoms with Crippen LogP contribution in [0.3, 0.4) is 0 Å². The largest absolute Gasteiger partial charge is 0.399 e. The second-order valence-electron chi connectivity index (χ2n) is 5.11. The molecule has 1 amide bonds. The van der Waals surface area contributed by atoms with Gasteiger partial charge in [-0.25, -0.2) is 0 Å². The fraction of sp³-hybridized carbons (Fsp3) is 0.533. The molecule has 2 unspecified atom stereocenters. The second-order valence-corrected chi connectivity index (χ2v) is 5.11. The van der Waals surface area contributed by atoms with Crippen molar-refractivity contribution in [3.05, 3.63) is 29.8 Å². The van der Waals surface area contributed by atoms with E-state index >= 15 is 0 Å². The molecule has 4 nitrogen and oxygen atoms in total. The van der Waals surface area contributed by atoms with Gasteiger partial charge in [0.1, 0.15) is 0 Å². The Hall–Kier alpha value is -1.55. The molecule has 1 aromatic carbocycles. The fourth-order valence-corrected chi connectivity index (χ4v) is 1.92. The Morgan fingerprint density at radius 1 is 1.32 bits per heavy atom. The maximum absolute atomic E-state index is 11.7. The average Bonchev–Trinajstić information content (AvgIpc) is 2.35. The Morgan fingerprint density at radius 3 is 2.53 bits per heavy atom. The van der Waals surface area contributed by atoms with Crippen molar-refractivity contribution in [2.75, 3.05) is 12.3 Å². The molecule has 0 saturated heterocycles. The van der Waals surface area contributed by atoms with Crippen molar-refractivity contribution in [2.45, 2.75) is 45.1 Å². The van der Waals surface area contributed by atoms with E-state index in [1.165, 1.54) is 0 Å². The van der Waals surface area contributed by atoms with Gasteiger partial charge >= 0.3 is 0 Å². The Balaban J connectivity index is 2.29. The second kappa shape index (κ2) is 7.79. The fourth-order valence-electron chi connectivity index (χ4n) is 1.92. The number of hydrogen-bond acceptors (Lipinski definition) is 3. The van der Waals surface area contributed by atoms with Gasteiger partial charge in [0, 0.05) is 18.7 Å². The third-order valence-electron chi connectivity index (χ3n) is 3.12. The lowest BCUT2D eigenvalue weighted by molar-refractivity contribution is -0.121. The van der Waals surface area contributed by atoms with Gasteiger partial charge in [0.05, 0.1) is 6.10 Å². The Labute approximate surface area is 115 Å². The molecule has 0 fully saturated rings. The van der Waals surface area contributed by atoms with Gasteiger partial charge in [0.15, 0.2) is 0 Å². The van der Waals surface area contributed by atoms with Crippen molar-refractivity contribution in [2.24, 2.45) is 0 Å². The lowest BCUT2D eigenvalue weighted by atomic mass is 9.97. The predicted molar refractivity (Wildman–Crippen MR) is 77.8 cm³/mol. The van der Waals surface area contributed by atoms with Crippen LogP contribution in [0, 0.1) is 0 Å². The van der Waals surface area contributed by atoms with Crippen LogP contribution in [0.5, 0.6) is 0 Å². The van der Waals surface area contributed by atoms with Crippen molar-refractivity contribution >= 4 is 11.6 Å². The third-order valence-corrected chi connectivity index (χ3v) is 3.12. The minimum absolute atomic E-state index is 0.0508. The first kappa shape index (κ1) is 15.5. The summed E-state index contributed by atoms with van der Waals surface area (Å²) in [5, 5.41) is 12.0. The summed E-state index contributed by atoms with van der Waals surface area (Å²) in [5.41, 5.74) is 7.49. The number of carbonyl (C=O) groups excluding carboxylic acids is 1. The number of nitrogens with two attached hydrogens (primary N) is 1. The first-order chi connectivity index (χ1) is 8.99. The first-order valence-electron chi connectivity index (χ1n) is 6.79. The Morgan fingerprint density at radius 2 is 1.95 bits per heavy atom. The quantitative estimate of drug-likeness (QED) is 0.521. The van der Waals surface area contributed by atoms with Crippen LogP contribution in [0.1, 0.15) is 44.6 Å². The van der Waals surface area contributed by atoms with Crippen LogP contribution in [0.4, 0.5) is 5.69 Å². The SMILES string of the molecule is CC(O)CCCNC(=O)CC(C)c1ccc(N)cc1. The van der Waals surface area contributed by atoms with Gasteiger partial charge in [-0.3, -0.25) is 4.79 Å². The van der Waals surface area contributed by atoms with Crippen molar-refractivity contribution in [1.29, 1.82) is 0 Å². The number of amides is 1. The average molecular weight is 264 g/mol. The molecule has 1 aromatic rings. The molecule has 2 atom stereocenters. The summed E-state index contributed by atoms with van der Waals surface area (Å²) in [6, 6.07) is 7.63. The number of carbonyl (C=O) groups is 1. The predicted octanol–water partition coefficient (Wildman–Crippen LogP) is 2.04. The number of aliphatic hydroxyl groups excluding tert-OH is 1. The highest BCUT2D eigenvalue weighted by Crippen LogP contribution is 2.19. The molecule has 0 aliphatic rings. The highest BCUT2D eigenvalue weighted by atomic mass is 16.3. The molecule has 1 rings (SSSR count). The first-order valence-corrected chi connectivity index (χ1v) is 6.79. The zero-order valence-corrected chi connectivity index (χ0v) is 11.7. The summed E-state index contributed by atoms with van der Waals surface area (Å²) in [7, 11) is 0. The standard InChI is InChI=1S/C15H24N2O2/c1-11(13-5-7-14(16)8-6-13)10-15(19)17-9-3-4-12(2)18/h5-8,11-12,18H,3-4,9-10,16H2,1-2H3,(H,17,19). The topological polar surface area (TPSA) is 75.3 Å². The third kappa shape index (κ3) is 6.25. The van der Waals surface area contributed by atoms with Gasteiger partial charge < -0.3 is 16.2 Å². The molecule has 4 heteroatoms. The Bertz CT molecular complexity index is 388. The molecule has 106 valence electrons. The van der Waals surface area contributed by atoms with Crippen LogP contribution in [0.15, 0.2) is 24.3 Å². The molecule has 0 saturated carbocycles. The van der Waals surface area contributed by atoms with E-state index in [0.717, 1.165) is 17.7 Å². The van der Waals surface area contributed by atoms with Crippen molar-refractivity contribution in [1.82, 2.24) is 5.32 Å². The summed E-state index contributed by atoms with van der Waals surface area (Å²) >= 11 is 0. The van der Waals surface area contributed by atoms with Gasteiger partial charge in [0.25, 0.3) is 0 Å². The lowest BCUT2D eigenvalue weighted by Crippen LogP contribution is -2.26. The van der Waals surface area contributed by atoms with E-state index in [1.54, 1.807) is 6.92 Å². The number of nitrogens with one attached hydrogen (secondary N) is 1. The summed E-state index contributed by atoms with van der Waals surface area (Å²) in [4.78, 5) is 11.7. The molecular formula is C15H24N2O2. The highest BCUT2D eigenvalue weighted by Gasteiger charge is 2.10. The van der Waals surface area contributed by atoms with Gasteiger partial charge in [-0.1, -0.05) is 19.1 Å². The zero-order valence-electron chi connectivity index (χ0n) is 11.7. The maximum Gasteiger partial charge on any atom is 0.220 e. The smallest absolute Gasteiger partial charge is 0.220 e. The molecule has 19 heavy (non-hydrogen) atoms. The van der Waals surface area contributed by atoms with E-state index in [0.29, 0.717) is 19.4 Å². The van der Waals surface area contributed by atoms with Gasteiger partial charge in [-0.05, 0) is 43.4 Å². The number of hydrogen-bond donors (Lipinski definition) is 3. The van der Waals surface area contributed by atoms with E-state index < -0.39 is 0 Å². The van der Waals surface area contributed by atoms with Gasteiger partial charge in [0.2, 0.25) is 5.91 Å². The molecule has 0 radical (unpaired) electrons. The summed E-state index contributed by atoms with van der Waals surface area (Å²) in [6.45, 7) is 4.41. The number of anilines is 1. The van der Waals surface area contributed by atoms with Crippen LogP contribution < -0.4 is 11.1 Å². The van der Waals surface area contributed by atoms with Crippen molar-refractivity contribution in [3.63, 3.8) is 0 Å². The van der Waals surface area contributed by atoms with Crippen LogP contribution >= 0.6 is 0 Å².